The molecular formula is C14H17F3N4O. The van der Waals surface area contributed by atoms with Crippen LogP contribution >= 0.6 is 0 Å². The van der Waals surface area contributed by atoms with E-state index in [0.717, 1.165) is 37.9 Å². The third-order valence-corrected chi connectivity index (χ3v) is 4.30. The van der Waals surface area contributed by atoms with Gasteiger partial charge in [0.25, 0.3) is 0 Å². The summed E-state index contributed by atoms with van der Waals surface area (Å²) in [6.45, 7) is 1.48. The topological polar surface area (TPSA) is 58.1 Å². The molecule has 0 spiro atoms. The van der Waals surface area contributed by atoms with E-state index in [4.69, 9.17) is 0 Å². The average molecular weight is 314 g/mol. The number of alkyl halides is 3. The summed E-state index contributed by atoms with van der Waals surface area (Å²) in [5.41, 5.74) is -0.916. The summed E-state index contributed by atoms with van der Waals surface area (Å²) in [5.74, 6) is 0.0665. The Kier molecular flexibility index (Phi) is 3.70. The molecule has 3 heterocycles. The maximum atomic E-state index is 12.8. The van der Waals surface area contributed by atoms with Crippen molar-refractivity contribution in [2.24, 2.45) is 0 Å². The van der Waals surface area contributed by atoms with Crippen LogP contribution in [0.1, 0.15) is 38.3 Å². The van der Waals surface area contributed by atoms with E-state index in [0.29, 0.717) is 0 Å². The smallest absolute Gasteiger partial charge is 0.353 e. The minimum atomic E-state index is -4.47. The van der Waals surface area contributed by atoms with Crippen molar-refractivity contribution in [3.05, 3.63) is 18.0 Å². The summed E-state index contributed by atoms with van der Waals surface area (Å²) in [6.07, 6.45) is -0.0954. The van der Waals surface area contributed by atoms with Crippen LogP contribution in [-0.2, 0) is 11.0 Å². The summed E-state index contributed by atoms with van der Waals surface area (Å²) in [5, 5.41) is 2.90. The van der Waals surface area contributed by atoms with Crippen LogP contribution in [0.25, 0.3) is 0 Å². The van der Waals surface area contributed by atoms with E-state index in [9.17, 15) is 18.0 Å². The molecular weight excluding hydrogens is 297 g/mol. The van der Waals surface area contributed by atoms with E-state index in [1.165, 1.54) is 6.92 Å². The van der Waals surface area contributed by atoms with E-state index in [-0.39, 0.29) is 30.0 Å². The highest BCUT2D eigenvalue weighted by atomic mass is 19.4. The second-order valence-electron chi connectivity index (χ2n) is 5.90. The number of fused-ring (bicyclic) bond motifs is 2. The lowest BCUT2D eigenvalue weighted by atomic mass is 9.97. The molecule has 0 aromatic carbocycles. The molecule has 2 bridgehead atoms. The first kappa shape index (κ1) is 15.1. The zero-order valence-electron chi connectivity index (χ0n) is 12.1. The van der Waals surface area contributed by atoms with Crippen LogP contribution in [0.4, 0.5) is 19.1 Å². The van der Waals surface area contributed by atoms with Crippen molar-refractivity contribution in [3.63, 3.8) is 0 Å². The van der Waals surface area contributed by atoms with Crippen molar-refractivity contribution in [1.29, 1.82) is 0 Å². The highest BCUT2D eigenvalue weighted by Crippen LogP contribution is 2.38. The molecule has 0 radical (unpaired) electrons. The van der Waals surface area contributed by atoms with E-state index >= 15 is 0 Å². The van der Waals surface area contributed by atoms with E-state index in [1.54, 1.807) is 0 Å². The maximum absolute atomic E-state index is 12.8. The zero-order valence-corrected chi connectivity index (χ0v) is 12.1. The predicted molar refractivity (Wildman–Crippen MR) is 73.2 cm³/mol. The number of nitrogens with zero attached hydrogens (tertiary/aromatic N) is 3. The fraction of sp³-hybridized carbons (Fsp3) is 0.643. The molecule has 2 unspecified atom stereocenters. The molecule has 1 amide bonds. The van der Waals surface area contributed by atoms with Gasteiger partial charge in [0.15, 0.2) is 0 Å². The number of amides is 1. The molecule has 1 aromatic heterocycles. The van der Waals surface area contributed by atoms with Gasteiger partial charge in [0.05, 0.1) is 0 Å². The second-order valence-corrected chi connectivity index (χ2v) is 5.90. The van der Waals surface area contributed by atoms with Gasteiger partial charge in [-0.25, -0.2) is 9.97 Å². The lowest BCUT2D eigenvalue weighted by Crippen LogP contribution is -2.50. The average Bonchev–Trinajstić information content (AvgIpc) is 2.69. The third-order valence-electron chi connectivity index (χ3n) is 4.30. The number of hydrogen-bond acceptors (Lipinski definition) is 4. The standard InChI is InChI=1S/C14H17F3N4O/c1-8(22)19-9-6-10-2-3-11(7-9)21(10)13-18-5-4-12(20-13)14(15,16)17/h4-5,9-11H,2-3,6-7H2,1H3,(H,19,22). The Morgan fingerprint density at radius 3 is 2.50 bits per heavy atom. The van der Waals surface area contributed by atoms with Gasteiger partial charge in [0.2, 0.25) is 11.9 Å². The van der Waals surface area contributed by atoms with Crippen molar-refractivity contribution in [3.8, 4) is 0 Å². The lowest BCUT2D eigenvalue weighted by Gasteiger charge is -2.39. The van der Waals surface area contributed by atoms with Gasteiger partial charge in [-0.15, -0.1) is 0 Å². The quantitative estimate of drug-likeness (QED) is 0.908. The summed E-state index contributed by atoms with van der Waals surface area (Å²) >= 11 is 0. The highest BCUT2D eigenvalue weighted by Gasteiger charge is 2.43. The summed E-state index contributed by atoms with van der Waals surface area (Å²) in [4.78, 5) is 20.8. The minimum Gasteiger partial charge on any atom is -0.353 e. The van der Waals surface area contributed by atoms with Gasteiger partial charge in [-0.2, -0.15) is 13.2 Å². The molecule has 2 aliphatic rings. The first-order valence-corrected chi connectivity index (χ1v) is 7.30. The van der Waals surface area contributed by atoms with Crippen molar-refractivity contribution >= 4 is 11.9 Å². The van der Waals surface area contributed by atoms with E-state index < -0.39 is 11.9 Å². The van der Waals surface area contributed by atoms with Crippen LogP contribution in [0.15, 0.2) is 12.3 Å². The highest BCUT2D eigenvalue weighted by molar-refractivity contribution is 5.73. The number of carbonyl (C=O) groups excluding carboxylic acids is 1. The Morgan fingerprint density at radius 1 is 1.32 bits per heavy atom. The van der Waals surface area contributed by atoms with Crippen molar-refractivity contribution in [1.82, 2.24) is 15.3 Å². The first-order chi connectivity index (χ1) is 10.3. The van der Waals surface area contributed by atoms with Gasteiger partial charge in [-0.05, 0) is 31.7 Å². The zero-order chi connectivity index (χ0) is 15.9. The Balaban J connectivity index is 1.81. The summed E-state index contributed by atoms with van der Waals surface area (Å²) in [6, 6.07) is 1.13. The van der Waals surface area contributed by atoms with Crippen LogP contribution < -0.4 is 10.2 Å². The van der Waals surface area contributed by atoms with Crippen molar-refractivity contribution < 1.29 is 18.0 Å². The lowest BCUT2D eigenvalue weighted by molar-refractivity contribution is -0.141. The van der Waals surface area contributed by atoms with Gasteiger partial charge in [0, 0.05) is 31.2 Å². The van der Waals surface area contributed by atoms with E-state index in [1.807, 2.05) is 4.90 Å². The monoisotopic (exact) mass is 314 g/mol. The fourth-order valence-electron chi connectivity index (χ4n) is 3.54. The van der Waals surface area contributed by atoms with Gasteiger partial charge in [-0.3, -0.25) is 4.79 Å². The maximum Gasteiger partial charge on any atom is 0.433 e. The number of carbonyl (C=O) groups is 1. The number of aromatic nitrogens is 2. The van der Waals surface area contributed by atoms with Crippen LogP contribution in [0.3, 0.4) is 0 Å². The Hall–Kier alpha value is -1.86. The molecule has 0 saturated carbocycles. The van der Waals surface area contributed by atoms with Crippen LogP contribution in [0.2, 0.25) is 0 Å². The predicted octanol–water partition coefficient (Wildman–Crippen LogP) is 2.13. The molecule has 1 N–H and O–H groups in total. The molecule has 2 saturated heterocycles. The Labute approximate surface area is 125 Å². The molecule has 0 aliphatic carbocycles. The normalized spacial score (nSPS) is 27.8. The number of nitrogens with one attached hydrogen (secondary N) is 1. The molecule has 2 aliphatic heterocycles. The number of anilines is 1. The molecule has 2 atom stereocenters. The molecule has 22 heavy (non-hydrogen) atoms. The molecule has 1 aromatic rings. The van der Waals surface area contributed by atoms with Crippen molar-refractivity contribution in [2.75, 3.05) is 4.90 Å². The van der Waals surface area contributed by atoms with Crippen molar-refractivity contribution in [2.45, 2.75) is 56.9 Å². The fourth-order valence-corrected chi connectivity index (χ4v) is 3.54. The molecule has 5 nitrogen and oxygen atoms in total. The van der Waals surface area contributed by atoms with Gasteiger partial charge >= 0.3 is 6.18 Å². The van der Waals surface area contributed by atoms with Gasteiger partial charge in [0.1, 0.15) is 5.69 Å². The second kappa shape index (κ2) is 5.40. The number of halogens is 3. The number of piperidine rings is 1. The number of hydrogen-bond donors (Lipinski definition) is 1. The minimum absolute atomic E-state index is 0.0758. The molecule has 2 fully saturated rings. The third kappa shape index (κ3) is 2.86. The van der Waals surface area contributed by atoms with Crippen LogP contribution in [0.5, 0.6) is 0 Å². The summed E-state index contributed by atoms with van der Waals surface area (Å²) in [7, 11) is 0. The molecule has 8 heteroatoms. The van der Waals surface area contributed by atoms with E-state index in [2.05, 4.69) is 15.3 Å². The summed E-state index contributed by atoms with van der Waals surface area (Å²) < 4.78 is 38.4. The van der Waals surface area contributed by atoms with Gasteiger partial charge < -0.3 is 10.2 Å². The first-order valence-electron chi connectivity index (χ1n) is 7.30. The van der Waals surface area contributed by atoms with Gasteiger partial charge in [-0.1, -0.05) is 0 Å². The molecule has 120 valence electrons. The van der Waals surface area contributed by atoms with Crippen LogP contribution in [0, 0.1) is 0 Å². The molecule has 3 rings (SSSR count). The SMILES string of the molecule is CC(=O)NC1CC2CCC(C1)N2c1nccc(C(F)(F)F)n1. The Bertz CT molecular complexity index is 563. The number of rotatable bonds is 2. The Morgan fingerprint density at radius 2 is 1.95 bits per heavy atom. The van der Waals surface area contributed by atoms with Crippen LogP contribution in [-0.4, -0.2) is 34.0 Å². The largest absolute Gasteiger partial charge is 0.433 e.